The molecule has 0 unspecified atom stereocenters. The Balaban J connectivity index is 1.40. The van der Waals surface area contributed by atoms with Gasteiger partial charge in [0.05, 0.1) is 12.2 Å². The number of rotatable bonds is 8. The average Bonchev–Trinajstić information content (AvgIpc) is 2.86. The van der Waals surface area contributed by atoms with E-state index in [2.05, 4.69) is 10.3 Å². The van der Waals surface area contributed by atoms with Gasteiger partial charge in [-0.05, 0) is 53.6 Å². The molecule has 0 aliphatic carbocycles. The molecule has 170 valence electrons. The Bertz CT molecular complexity index is 1310. The predicted molar refractivity (Wildman–Crippen MR) is 127 cm³/mol. The molecule has 0 aliphatic rings. The molecule has 7 heteroatoms. The monoisotopic (exact) mass is 456 g/mol. The molecular weight excluding hydrogens is 435 g/mol. The molecule has 0 atom stereocenters. The van der Waals surface area contributed by atoms with Crippen LogP contribution in [0.15, 0.2) is 91.1 Å². The first-order valence-electron chi connectivity index (χ1n) is 10.6. The van der Waals surface area contributed by atoms with Crippen molar-refractivity contribution < 1.29 is 23.8 Å². The summed E-state index contributed by atoms with van der Waals surface area (Å²) in [4.78, 5) is 27.4. The van der Waals surface area contributed by atoms with Crippen molar-refractivity contribution in [2.75, 3.05) is 11.9 Å². The number of nitrogens with one attached hydrogen (secondary N) is 1. The Labute approximate surface area is 195 Å². The maximum atomic E-state index is 14.2. The number of anilines is 1. The number of ether oxygens (including phenoxy) is 1. The number of nitrogens with zero attached hydrogens (tertiary/aromatic N) is 1. The van der Waals surface area contributed by atoms with Crippen LogP contribution in [0.5, 0.6) is 5.75 Å². The summed E-state index contributed by atoms with van der Waals surface area (Å²) < 4.78 is 20.0. The van der Waals surface area contributed by atoms with E-state index in [9.17, 15) is 14.0 Å². The summed E-state index contributed by atoms with van der Waals surface area (Å²) in [6.07, 6.45) is 1.74. The summed E-state index contributed by atoms with van der Waals surface area (Å²) in [6, 6.07) is 24.5. The third kappa shape index (κ3) is 5.63. The van der Waals surface area contributed by atoms with E-state index in [4.69, 9.17) is 9.84 Å². The number of carbonyl (C=O) groups is 2. The second-order valence-electron chi connectivity index (χ2n) is 7.51. The van der Waals surface area contributed by atoms with Crippen LogP contribution in [0.1, 0.15) is 26.3 Å². The van der Waals surface area contributed by atoms with E-state index in [0.717, 1.165) is 12.6 Å². The van der Waals surface area contributed by atoms with Gasteiger partial charge < -0.3 is 15.2 Å². The van der Waals surface area contributed by atoms with Gasteiger partial charge >= 0.3 is 5.97 Å². The Hall–Kier alpha value is -4.52. The number of carboxylic acid groups (broad SMARTS) is 1. The van der Waals surface area contributed by atoms with Crippen LogP contribution in [0.3, 0.4) is 0 Å². The molecule has 4 rings (SSSR count). The number of halogens is 1. The molecule has 4 aromatic rings. The highest BCUT2D eigenvalue weighted by molar-refractivity contribution is 6.05. The minimum Gasteiger partial charge on any atom is -0.493 e. The van der Waals surface area contributed by atoms with Gasteiger partial charge in [-0.25, -0.2) is 9.78 Å². The number of aromatic carboxylic acids is 1. The number of hydrogen-bond donors (Lipinski definition) is 2. The predicted octanol–water partition coefficient (Wildman–Crippen LogP) is 5.46. The number of amides is 1. The van der Waals surface area contributed by atoms with Crippen molar-refractivity contribution in [3.8, 4) is 16.9 Å². The molecule has 6 nitrogen and oxygen atoms in total. The molecule has 0 aliphatic heterocycles. The third-order valence-corrected chi connectivity index (χ3v) is 5.14. The maximum absolute atomic E-state index is 14.2. The second-order valence-corrected chi connectivity index (χ2v) is 7.51. The van der Waals surface area contributed by atoms with Gasteiger partial charge in [0, 0.05) is 29.4 Å². The number of carbonyl (C=O) groups excluding carboxylic acids is 1. The number of benzene rings is 3. The van der Waals surface area contributed by atoms with Crippen LogP contribution in [0, 0.1) is 5.95 Å². The topological polar surface area (TPSA) is 88.5 Å². The van der Waals surface area contributed by atoms with E-state index in [0.29, 0.717) is 29.2 Å². The van der Waals surface area contributed by atoms with Crippen molar-refractivity contribution >= 4 is 17.6 Å². The zero-order valence-electron chi connectivity index (χ0n) is 18.1. The first kappa shape index (κ1) is 22.7. The van der Waals surface area contributed by atoms with E-state index >= 15 is 0 Å². The summed E-state index contributed by atoms with van der Waals surface area (Å²) >= 11 is 0. The molecule has 3 aromatic carbocycles. The Morgan fingerprint density at radius 2 is 1.68 bits per heavy atom. The fourth-order valence-electron chi connectivity index (χ4n) is 3.36. The smallest absolute Gasteiger partial charge is 0.337 e. The SMILES string of the molecule is O=C(O)c1cnc(F)c(-c2cccc(C(=O)Nc3ccc(OCCc4ccccc4)cc3)c2)c1. The van der Waals surface area contributed by atoms with Gasteiger partial charge in [-0.3, -0.25) is 4.79 Å². The summed E-state index contributed by atoms with van der Waals surface area (Å²) in [6.45, 7) is 0.539. The molecule has 0 radical (unpaired) electrons. The molecule has 1 amide bonds. The standard InChI is InChI=1S/C27H21FN2O4/c28-25-24(16-21(17-29-25)27(32)33)19-7-4-8-20(15-19)26(31)30-22-9-11-23(12-10-22)34-14-13-18-5-2-1-3-6-18/h1-12,15-17H,13-14H2,(H,30,31)(H,32,33). The molecule has 0 fully saturated rings. The maximum Gasteiger partial charge on any atom is 0.337 e. The van der Waals surface area contributed by atoms with Gasteiger partial charge in [0.15, 0.2) is 0 Å². The Kier molecular flexibility index (Phi) is 6.93. The van der Waals surface area contributed by atoms with Crippen molar-refractivity contribution in [3.63, 3.8) is 0 Å². The molecule has 0 saturated carbocycles. The highest BCUT2D eigenvalue weighted by Crippen LogP contribution is 2.24. The quantitative estimate of drug-likeness (QED) is 0.344. The summed E-state index contributed by atoms with van der Waals surface area (Å²) in [7, 11) is 0. The Morgan fingerprint density at radius 3 is 2.41 bits per heavy atom. The molecule has 1 aromatic heterocycles. The van der Waals surface area contributed by atoms with E-state index in [-0.39, 0.29) is 17.0 Å². The van der Waals surface area contributed by atoms with Crippen LogP contribution in [0.25, 0.3) is 11.1 Å². The van der Waals surface area contributed by atoms with Crippen LogP contribution in [0.2, 0.25) is 0 Å². The summed E-state index contributed by atoms with van der Waals surface area (Å²) in [5.41, 5.74) is 2.28. The van der Waals surface area contributed by atoms with Crippen LogP contribution >= 0.6 is 0 Å². The average molecular weight is 456 g/mol. The number of aromatic nitrogens is 1. The van der Waals surface area contributed by atoms with E-state index < -0.39 is 11.9 Å². The fraction of sp³-hybridized carbons (Fsp3) is 0.0741. The lowest BCUT2D eigenvalue weighted by Gasteiger charge is -2.10. The van der Waals surface area contributed by atoms with E-state index in [1.165, 1.54) is 17.7 Å². The van der Waals surface area contributed by atoms with Crippen molar-refractivity contribution in [2.45, 2.75) is 6.42 Å². The number of pyridine rings is 1. The van der Waals surface area contributed by atoms with Crippen molar-refractivity contribution in [2.24, 2.45) is 0 Å². The van der Waals surface area contributed by atoms with Crippen molar-refractivity contribution in [3.05, 3.63) is 114 Å². The normalized spacial score (nSPS) is 10.5. The first-order valence-corrected chi connectivity index (χ1v) is 10.6. The zero-order valence-corrected chi connectivity index (χ0v) is 18.1. The number of hydrogen-bond acceptors (Lipinski definition) is 4. The largest absolute Gasteiger partial charge is 0.493 e. The molecular formula is C27H21FN2O4. The molecule has 2 N–H and O–H groups in total. The lowest BCUT2D eigenvalue weighted by atomic mass is 10.0. The van der Waals surface area contributed by atoms with Crippen LogP contribution in [-0.4, -0.2) is 28.6 Å². The van der Waals surface area contributed by atoms with Crippen LogP contribution < -0.4 is 10.1 Å². The second kappa shape index (κ2) is 10.4. The third-order valence-electron chi connectivity index (χ3n) is 5.14. The van der Waals surface area contributed by atoms with Crippen LogP contribution in [0.4, 0.5) is 10.1 Å². The van der Waals surface area contributed by atoms with Crippen molar-refractivity contribution in [1.29, 1.82) is 0 Å². The Morgan fingerprint density at radius 1 is 0.912 bits per heavy atom. The lowest BCUT2D eigenvalue weighted by Crippen LogP contribution is -2.12. The number of carboxylic acids is 1. The minimum atomic E-state index is -1.21. The van der Waals surface area contributed by atoms with Crippen LogP contribution in [-0.2, 0) is 6.42 Å². The molecule has 0 spiro atoms. The highest BCUT2D eigenvalue weighted by Gasteiger charge is 2.14. The van der Waals surface area contributed by atoms with Gasteiger partial charge in [0.25, 0.3) is 5.91 Å². The lowest BCUT2D eigenvalue weighted by molar-refractivity contribution is 0.0696. The molecule has 34 heavy (non-hydrogen) atoms. The van der Waals surface area contributed by atoms with Gasteiger partial charge in [0.1, 0.15) is 5.75 Å². The molecule has 0 bridgehead atoms. The van der Waals surface area contributed by atoms with Gasteiger partial charge in [0.2, 0.25) is 5.95 Å². The zero-order chi connectivity index (χ0) is 23.9. The first-order chi connectivity index (χ1) is 16.5. The fourth-order valence-corrected chi connectivity index (χ4v) is 3.36. The van der Waals surface area contributed by atoms with Crippen molar-refractivity contribution in [1.82, 2.24) is 4.98 Å². The molecule has 0 saturated heterocycles. The minimum absolute atomic E-state index is 0.00607. The summed E-state index contributed by atoms with van der Waals surface area (Å²) in [5.74, 6) is -1.72. The van der Waals surface area contributed by atoms with Gasteiger partial charge in [-0.1, -0.05) is 42.5 Å². The van der Waals surface area contributed by atoms with E-state index in [1.807, 2.05) is 30.3 Å². The van der Waals surface area contributed by atoms with Gasteiger partial charge in [-0.2, -0.15) is 4.39 Å². The van der Waals surface area contributed by atoms with Gasteiger partial charge in [-0.15, -0.1) is 0 Å². The summed E-state index contributed by atoms with van der Waals surface area (Å²) in [5, 5.41) is 11.9. The highest BCUT2D eigenvalue weighted by atomic mass is 19.1. The molecule has 1 heterocycles. The van der Waals surface area contributed by atoms with E-state index in [1.54, 1.807) is 42.5 Å².